The Morgan fingerprint density at radius 1 is 1.43 bits per heavy atom. The number of hydrogen-bond acceptors (Lipinski definition) is 3. The molecule has 1 aromatic rings. The van der Waals surface area contributed by atoms with Crippen molar-refractivity contribution in [1.82, 2.24) is 20.1 Å². The Bertz CT molecular complexity index is 280. The van der Waals surface area contributed by atoms with E-state index in [-0.39, 0.29) is 0 Å². The maximum atomic E-state index is 4.42. The minimum absolute atomic E-state index is 0.539. The quantitative estimate of drug-likeness (QED) is 0.771. The third-order valence-electron chi connectivity index (χ3n) is 2.43. The molecule has 1 aromatic heterocycles. The van der Waals surface area contributed by atoms with Crippen molar-refractivity contribution in [3.05, 3.63) is 11.6 Å². The summed E-state index contributed by atoms with van der Waals surface area (Å²) in [6.45, 7) is 7.22. The van der Waals surface area contributed by atoms with Crippen molar-refractivity contribution in [2.24, 2.45) is 7.05 Å². The van der Waals surface area contributed by atoms with Crippen LogP contribution in [-0.2, 0) is 20.0 Å². The van der Waals surface area contributed by atoms with Crippen molar-refractivity contribution in [1.29, 1.82) is 0 Å². The summed E-state index contributed by atoms with van der Waals surface area (Å²) in [5.41, 5.74) is 0. The van der Waals surface area contributed by atoms with Crippen LogP contribution in [0.4, 0.5) is 0 Å². The Balaban J connectivity index is 2.53. The number of nitrogens with zero attached hydrogens (tertiary/aromatic N) is 3. The Kier molecular flexibility index (Phi) is 4.07. The lowest BCUT2D eigenvalue weighted by atomic mass is 10.2. The molecule has 1 heterocycles. The number of aryl methyl sites for hydroxylation is 2. The summed E-state index contributed by atoms with van der Waals surface area (Å²) in [4.78, 5) is 4.42. The standard InChI is InChI=1S/C10H20N4/c1-5-8(3)11-7-10-12-9(6-2)13-14(10)4/h8,11H,5-7H2,1-4H3. The third-order valence-corrected chi connectivity index (χ3v) is 2.43. The van der Waals surface area contributed by atoms with Crippen LogP contribution in [0.1, 0.15) is 38.8 Å². The first kappa shape index (κ1) is 11.2. The Hall–Kier alpha value is -0.900. The number of rotatable bonds is 5. The maximum Gasteiger partial charge on any atom is 0.150 e. The van der Waals surface area contributed by atoms with Crippen LogP contribution >= 0.6 is 0 Å². The van der Waals surface area contributed by atoms with Crippen LogP contribution in [0.25, 0.3) is 0 Å². The fourth-order valence-electron chi connectivity index (χ4n) is 1.19. The van der Waals surface area contributed by atoms with Gasteiger partial charge in [0, 0.05) is 19.5 Å². The molecule has 14 heavy (non-hydrogen) atoms. The van der Waals surface area contributed by atoms with E-state index >= 15 is 0 Å². The smallest absolute Gasteiger partial charge is 0.150 e. The molecular formula is C10H20N4. The van der Waals surface area contributed by atoms with Crippen LogP contribution in [-0.4, -0.2) is 20.8 Å². The van der Waals surface area contributed by atoms with Gasteiger partial charge in [-0.1, -0.05) is 13.8 Å². The van der Waals surface area contributed by atoms with Crippen LogP contribution in [0.15, 0.2) is 0 Å². The van der Waals surface area contributed by atoms with Crippen molar-refractivity contribution < 1.29 is 0 Å². The fourth-order valence-corrected chi connectivity index (χ4v) is 1.19. The van der Waals surface area contributed by atoms with E-state index in [0.717, 1.165) is 31.0 Å². The number of aromatic nitrogens is 3. The van der Waals surface area contributed by atoms with Crippen LogP contribution in [0.5, 0.6) is 0 Å². The molecule has 0 aromatic carbocycles. The number of hydrogen-bond donors (Lipinski definition) is 1. The summed E-state index contributed by atoms with van der Waals surface area (Å²) in [7, 11) is 1.94. The minimum atomic E-state index is 0.539. The zero-order chi connectivity index (χ0) is 10.6. The van der Waals surface area contributed by atoms with Crippen molar-refractivity contribution in [3.63, 3.8) is 0 Å². The van der Waals surface area contributed by atoms with E-state index in [1.807, 2.05) is 11.7 Å². The minimum Gasteiger partial charge on any atom is -0.307 e. The summed E-state index contributed by atoms with van der Waals surface area (Å²) in [6, 6.07) is 0.539. The Morgan fingerprint density at radius 3 is 2.64 bits per heavy atom. The van der Waals surface area contributed by atoms with Gasteiger partial charge in [0.15, 0.2) is 5.82 Å². The zero-order valence-corrected chi connectivity index (χ0v) is 9.54. The van der Waals surface area contributed by atoms with Gasteiger partial charge >= 0.3 is 0 Å². The summed E-state index contributed by atoms with van der Waals surface area (Å²) >= 11 is 0. The summed E-state index contributed by atoms with van der Waals surface area (Å²) in [6.07, 6.45) is 2.04. The molecule has 1 rings (SSSR count). The van der Waals surface area contributed by atoms with Gasteiger partial charge in [0.2, 0.25) is 0 Å². The van der Waals surface area contributed by atoms with Gasteiger partial charge < -0.3 is 5.32 Å². The molecule has 0 bridgehead atoms. The third kappa shape index (κ3) is 2.80. The van der Waals surface area contributed by atoms with E-state index in [4.69, 9.17) is 0 Å². The topological polar surface area (TPSA) is 42.7 Å². The highest BCUT2D eigenvalue weighted by Crippen LogP contribution is 1.98. The zero-order valence-electron chi connectivity index (χ0n) is 9.54. The SMILES string of the molecule is CCc1nc(CNC(C)CC)n(C)n1. The van der Waals surface area contributed by atoms with Gasteiger partial charge in [-0.25, -0.2) is 4.98 Å². The summed E-state index contributed by atoms with van der Waals surface area (Å²) < 4.78 is 1.86. The molecule has 1 N–H and O–H groups in total. The molecule has 1 atom stereocenters. The van der Waals surface area contributed by atoms with Gasteiger partial charge in [-0.3, -0.25) is 4.68 Å². The van der Waals surface area contributed by atoms with Crippen LogP contribution in [0.2, 0.25) is 0 Å². The number of nitrogens with one attached hydrogen (secondary N) is 1. The molecule has 0 aliphatic carbocycles. The highest BCUT2D eigenvalue weighted by atomic mass is 15.3. The van der Waals surface area contributed by atoms with E-state index in [2.05, 4.69) is 36.2 Å². The first-order valence-corrected chi connectivity index (χ1v) is 5.29. The summed E-state index contributed by atoms with van der Waals surface area (Å²) in [5.74, 6) is 1.94. The normalized spacial score (nSPS) is 13.1. The molecule has 0 spiro atoms. The van der Waals surface area contributed by atoms with Crippen molar-refractivity contribution in [2.75, 3.05) is 0 Å². The van der Waals surface area contributed by atoms with Crippen molar-refractivity contribution >= 4 is 0 Å². The lowest BCUT2D eigenvalue weighted by molar-refractivity contribution is 0.510. The van der Waals surface area contributed by atoms with Gasteiger partial charge in [0.25, 0.3) is 0 Å². The van der Waals surface area contributed by atoms with E-state index < -0.39 is 0 Å². The Morgan fingerprint density at radius 2 is 2.14 bits per heavy atom. The van der Waals surface area contributed by atoms with E-state index in [9.17, 15) is 0 Å². The second kappa shape index (κ2) is 5.10. The van der Waals surface area contributed by atoms with Gasteiger partial charge in [0.1, 0.15) is 5.82 Å². The maximum absolute atomic E-state index is 4.42. The van der Waals surface area contributed by atoms with Crippen LogP contribution in [0, 0.1) is 0 Å². The lowest BCUT2D eigenvalue weighted by Crippen LogP contribution is -2.26. The molecule has 1 unspecified atom stereocenters. The Labute approximate surface area is 85.7 Å². The van der Waals surface area contributed by atoms with Gasteiger partial charge in [-0.15, -0.1) is 0 Å². The molecule has 4 heteroatoms. The molecule has 0 aliphatic heterocycles. The lowest BCUT2D eigenvalue weighted by Gasteiger charge is -2.09. The predicted molar refractivity (Wildman–Crippen MR) is 57.0 cm³/mol. The van der Waals surface area contributed by atoms with E-state index in [1.54, 1.807) is 0 Å². The summed E-state index contributed by atoms with van der Waals surface area (Å²) in [5, 5.41) is 7.70. The van der Waals surface area contributed by atoms with Crippen molar-refractivity contribution in [2.45, 2.75) is 46.2 Å². The monoisotopic (exact) mass is 196 g/mol. The molecule has 4 nitrogen and oxygen atoms in total. The van der Waals surface area contributed by atoms with E-state index in [1.165, 1.54) is 0 Å². The van der Waals surface area contributed by atoms with Gasteiger partial charge in [-0.2, -0.15) is 5.10 Å². The molecule has 0 radical (unpaired) electrons. The van der Waals surface area contributed by atoms with Crippen molar-refractivity contribution in [3.8, 4) is 0 Å². The average Bonchev–Trinajstić information content (AvgIpc) is 2.55. The molecule has 0 saturated carbocycles. The van der Waals surface area contributed by atoms with Gasteiger partial charge in [0.05, 0.1) is 6.54 Å². The van der Waals surface area contributed by atoms with Crippen LogP contribution < -0.4 is 5.32 Å². The molecule has 0 amide bonds. The molecule has 80 valence electrons. The van der Waals surface area contributed by atoms with Gasteiger partial charge in [-0.05, 0) is 13.3 Å². The average molecular weight is 196 g/mol. The second-order valence-electron chi connectivity index (χ2n) is 3.61. The highest BCUT2D eigenvalue weighted by Gasteiger charge is 2.06. The first-order chi connectivity index (χ1) is 6.67. The van der Waals surface area contributed by atoms with E-state index in [0.29, 0.717) is 6.04 Å². The van der Waals surface area contributed by atoms with Crippen LogP contribution in [0.3, 0.4) is 0 Å². The molecular weight excluding hydrogens is 176 g/mol. The second-order valence-corrected chi connectivity index (χ2v) is 3.61. The molecule has 0 fully saturated rings. The molecule has 0 saturated heterocycles. The highest BCUT2D eigenvalue weighted by molar-refractivity contribution is 4.92. The predicted octanol–water partition coefficient (Wildman–Crippen LogP) is 1.27. The molecule has 0 aliphatic rings. The first-order valence-electron chi connectivity index (χ1n) is 5.29. The largest absolute Gasteiger partial charge is 0.307 e. The fraction of sp³-hybridized carbons (Fsp3) is 0.800.